The van der Waals surface area contributed by atoms with Crippen molar-refractivity contribution >= 4 is 35.1 Å². The fraction of sp³-hybridized carbons (Fsp3) is 0.391. The van der Waals surface area contributed by atoms with Gasteiger partial charge in [0.1, 0.15) is 34.7 Å². The summed E-state index contributed by atoms with van der Waals surface area (Å²) in [5.74, 6) is -1.15. The third-order valence-electron chi connectivity index (χ3n) is 4.80. The lowest BCUT2D eigenvalue weighted by molar-refractivity contribution is -0.159. The first-order valence-corrected chi connectivity index (χ1v) is 10.8. The molecule has 0 N–H and O–H groups in total. The van der Waals surface area contributed by atoms with Crippen molar-refractivity contribution in [3.8, 4) is 17.2 Å². The van der Waals surface area contributed by atoms with Crippen molar-refractivity contribution < 1.29 is 28.2 Å². The van der Waals surface area contributed by atoms with Gasteiger partial charge in [0.25, 0.3) is 5.91 Å². The molecule has 0 aliphatic carbocycles. The van der Waals surface area contributed by atoms with Gasteiger partial charge in [-0.05, 0) is 51.8 Å². The van der Waals surface area contributed by atoms with E-state index in [0.717, 1.165) is 6.07 Å². The highest BCUT2D eigenvalue weighted by molar-refractivity contribution is 6.32. The summed E-state index contributed by atoms with van der Waals surface area (Å²) in [5, 5.41) is 0.352. The van der Waals surface area contributed by atoms with Gasteiger partial charge < -0.3 is 19.1 Å². The molecule has 1 fully saturated rings. The fourth-order valence-electron chi connectivity index (χ4n) is 3.39. The van der Waals surface area contributed by atoms with Crippen molar-refractivity contribution in [3.05, 3.63) is 51.8 Å². The minimum absolute atomic E-state index is 0.0204. The maximum Gasteiger partial charge on any atom is 0.329 e. The number of amides is 1. The van der Waals surface area contributed by atoms with Gasteiger partial charge in [-0.2, -0.15) is 0 Å². The predicted octanol–water partition coefficient (Wildman–Crippen LogP) is 5.88. The van der Waals surface area contributed by atoms with E-state index in [4.69, 9.17) is 37.4 Å². The number of esters is 1. The Bertz CT molecular complexity index is 1040. The number of nitrogens with zero attached hydrogens (tertiary/aromatic N) is 1. The summed E-state index contributed by atoms with van der Waals surface area (Å²) in [6.07, 6.45) is 1.07. The van der Waals surface area contributed by atoms with Crippen LogP contribution in [0, 0.1) is 5.82 Å². The molecule has 1 amide bonds. The number of rotatable bonds is 5. The van der Waals surface area contributed by atoms with E-state index in [-0.39, 0.29) is 16.3 Å². The lowest BCUT2D eigenvalue weighted by Gasteiger charge is -2.27. The molecule has 2 aromatic rings. The maximum absolute atomic E-state index is 14.9. The Labute approximate surface area is 196 Å². The molecule has 0 saturated carbocycles. The van der Waals surface area contributed by atoms with Gasteiger partial charge in [0.2, 0.25) is 0 Å². The summed E-state index contributed by atoms with van der Waals surface area (Å²) >= 11 is 12.4. The van der Waals surface area contributed by atoms with E-state index in [2.05, 4.69) is 0 Å². The molecule has 1 aliphatic rings. The highest BCUT2D eigenvalue weighted by atomic mass is 35.5. The van der Waals surface area contributed by atoms with E-state index >= 15 is 0 Å². The average Bonchev–Trinajstić information content (AvgIpc) is 3.19. The van der Waals surface area contributed by atoms with Crippen molar-refractivity contribution in [1.29, 1.82) is 0 Å². The van der Waals surface area contributed by atoms with Gasteiger partial charge in [-0.1, -0.05) is 23.2 Å². The van der Waals surface area contributed by atoms with Crippen LogP contribution in [0.3, 0.4) is 0 Å². The minimum atomic E-state index is -0.816. The van der Waals surface area contributed by atoms with Gasteiger partial charge in [-0.25, -0.2) is 9.18 Å². The third kappa shape index (κ3) is 5.45. The topological polar surface area (TPSA) is 65.1 Å². The Morgan fingerprint density at radius 2 is 1.78 bits per heavy atom. The summed E-state index contributed by atoms with van der Waals surface area (Å²) in [6.45, 7) is 5.57. The van der Waals surface area contributed by atoms with Crippen LogP contribution in [-0.2, 0) is 9.53 Å². The Hall–Kier alpha value is -2.51. The first-order valence-electron chi connectivity index (χ1n) is 10.0. The largest absolute Gasteiger partial charge is 0.495 e. The fourth-order valence-corrected chi connectivity index (χ4v) is 3.84. The summed E-state index contributed by atoms with van der Waals surface area (Å²) in [4.78, 5) is 26.9. The Balaban J connectivity index is 1.81. The molecule has 0 spiro atoms. The van der Waals surface area contributed by atoms with Gasteiger partial charge in [0, 0.05) is 18.7 Å². The SMILES string of the molecule is COc1ccc(Oc2cc(F)c(C(=O)N3CCC[C@H]3C(=O)OC(C)(C)C)cc2Cl)cc1Cl. The number of carbonyl (C=O) groups is 2. The van der Waals surface area contributed by atoms with Crippen LogP contribution >= 0.6 is 23.2 Å². The summed E-state index contributed by atoms with van der Waals surface area (Å²) < 4.78 is 31.0. The van der Waals surface area contributed by atoms with Gasteiger partial charge >= 0.3 is 5.97 Å². The second-order valence-corrected chi connectivity index (χ2v) is 9.17. The molecule has 9 heteroatoms. The van der Waals surface area contributed by atoms with Crippen LogP contribution in [-0.4, -0.2) is 42.1 Å². The number of carbonyl (C=O) groups excluding carboxylic acids is 2. The van der Waals surface area contributed by atoms with Crippen molar-refractivity contribution in [1.82, 2.24) is 4.90 Å². The number of hydrogen-bond acceptors (Lipinski definition) is 5. The molecule has 1 saturated heterocycles. The van der Waals surface area contributed by atoms with E-state index in [9.17, 15) is 14.0 Å². The second kappa shape index (κ2) is 9.55. The summed E-state index contributed by atoms with van der Waals surface area (Å²) in [5.41, 5.74) is -0.933. The predicted molar refractivity (Wildman–Crippen MR) is 119 cm³/mol. The summed E-state index contributed by atoms with van der Waals surface area (Å²) in [7, 11) is 1.48. The molecule has 0 aromatic heterocycles. The van der Waals surface area contributed by atoms with Crippen molar-refractivity contribution in [2.24, 2.45) is 0 Å². The number of benzene rings is 2. The summed E-state index contributed by atoms with van der Waals surface area (Å²) in [6, 6.07) is 6.16. The maximum atomic E-state index is 14.9. The monoisotopic (exact) mass is 483 g/mol. The molecule has 2 aromatic carbocycles. The number of halogens is 3. The molecule has 1 heterocycles. The number of ether oxygens (including phenoxy) is 3. The van der Waals surface area contributed by atoms with Crippen LogP contribution in [0.15, 0.2) is 30.3 Å². The normalized spacial score (nSPS) is 16.1. The van der Waals surface area contributed by atoms with Gasteiger partial charge in [0.05, 0.1) is 22.7 Å². The highest BCUT2D eigenvalue weighted by Crippen LogP contribution is 2.36. The standard InChI is InChI=1S/C23H24Cl2FNO5/c1-23(2,3)32-22(29)18-6-5-9-27(18)21(28)14-11-16(25)20(12-17(14)26)31-13-7-8-19(30-4)15(24)10-13/h7-8,10-12,18H,5-6,9H2,1-4H3/t18-/m0/s1. The molecule has 0 bridgehead atoms. The first-order chi connectivity index (χ1) is 15.0. The lowest BCUT2D eigenvalue weighted by atomic mass is 10.1. The van der Waals surface area contributed by atoms with Crippen molar-refractivity contribution in [2.75, 3.05) is 13.7 Å². The molecule has 1 atom stereocenters. The smallest absolute Gasteiger partial charge is 0.329 e. The molecule has 172 valence electrons. The molecule has 6 nitrogen and oxygen atoms in total. The highest BCUT2D eigenvalue weighted by Gasteiger charge is 2.38. The first kappa shape index (κ1) is 24.1. The number of likely N-dealkylation sites (tertiary alicyclic amines) is 1. The number of methoxy groups -OCH3 is 1. The van der Waals surface area contributed by atoms with Crippen LogP contribution < -0.4 is 9.47 Å². The van der Waals surface area contributed by atoms with Crippen LogP contribution in [0.5, 0.6) is 17.2 Å². The van der Waals surface area contributed by atoms with Gasteiger partial charge in [-0.3, -0.25) is 4.79 Å². The molecule has 0 unspecified atom stereocenters. The average molecular weight is 484 g/mol. The van der Waals surface area contributed by atoms with Crippen molar-refractivity contribution in [2.45, 2.75) is 45.3 Å². The Kier molecular flexibility index (Phi) is 7.20. The van der Waals surface area contributed by atoms with E-state index in [0.29, 0.717) is 35.9 Å². The van der Waals surface area contributed by atoms with Gasteiger partial charge in [0.15, 0.2) is 0 Å². The zero-order valence-electron chi connectivity index (χ0n) is 18.2. The van der Waals surface area contributed by atoms with Crippen molar-refractivity contribution in [3.63, 3.8) is 0 Å². The van der Waals surface area contributed by atoms with E-state index in [1.807, 2.05) is 0 Å². The van der Waals surface area contributed by atoms with E-state index < -0.39 is 29.3 Å². The molecular formula is C23H24Cl2FNO5. The van der Waals surface area contributed by atoms with Crippen LogP contribution in [0.25, 0.3) is 0 Å². The molecule has 3 rings (SSSR count). The van der Waals surface area contributed by atoms with E-state index in [1.165, 1.54) is 24.1 Å². The quantitative estimate of drug-likeness (QED) is 0.496. The van der Waals surface area contributed by atoms with Crippen LogP contribution in [0.1, 0.15) is 44.0 Å². The van der Waals surface area contributed by atoms with Gasteiger partial charge in [-0.15, -0.1) is 0 Å². The molecular weight excluding hydrogens is 460 g/mol. The lowest BCUT2D eigenvalue weighted by Crippen LogP contribution is -2.43. The third-order valence-corrected chi connectivity index (χ3v) is 5.39. The zero-order valence-corrected chi connectivity index (χ0v) is 19.7. The minimum Gasteiger partial charge on any atom is -0.495 e. The molecule has 1 aliphatic heterocycles. The molecule has 32 heavy (non-hydrogen) atoms. The Morgan fingerprint density at radius 1 is 1.09 bits per heavy atom. The van der Waals surface area contributed by atoms with Crippen LogP contribution in [0.4, 0.5) is 4.39 Å². The second-order valence-electron chi connectivity index (χ2n) is 8.35. The zero-order chi connectivity index (χ0) is 23.6. The molecule has 0 radical (unpaired) electrons. The van der Waals surface area contributed by atoms with Crippen LogP contribution in [0.2, 0.25) is 10.0 Å². The Morgan fingerprint density at radius 3 is 2.41 bits per heavy atom. The number of hydrogen-bond donors (Lipinski definition) is 0. The van der Waals surface area contributed by atoms with E-state index in [1.54, 1.807) is 32.9 Å².